The van der Waals surface area contributed by atoms with Crippen molar-refractivity contribution in [2.24, 2.45) is 0 Å². The zero-order chi connectivity index (χ0) is 14.8. The van der Waals surface area contributed by atoms with Crippen molar-refractivity contribution in [2.45, 2.75) is 19.9 Å². The highest BCUT2D eigenvalue weighted by atomic mass is 16.5. The molecule has 0 heterocycles. The molecule has 0 aliphatic rings. The average molecular weight is 273 g/mol. The summed E-state index contributed by atoms with van der Waals surface area (Å²) in [6.45, 7) is 3.06. The number of hydrogen-bond acceptors (Lipinski definition) is 4. The maximum absolute atomic E-state index is 11.6. The molecule has 1 aromatic carbocycles. The van der Waals surface area contributed by atoms with E-state index < -0.39 is 0 Å². The van der Waals surface area contributed by atoms with Crippen LogP contribution in [0.2, 0.25) is 0 Å². The fraction of sp³-hybridized carbons (Fsp3) is 0.333. The van der Waals surface area contributed by atoms with Crippen LogP contribution < -0.4 is 15.4 Å². The highest BCUT2D eigenvalue weighted by Crippen LogP contribution is 2.10. The lowest BCUT2D eigenvalue weighted by Crippen LogP contribution is -2.26. The fourth-order valence-electron chi connectivity index (χ4n) is 1.50. The number of benzene rings is 1. The Morgan fingerprint density at radius 2 is 2.10 bits per heavy atom. The van der Waals surface area contributed by atoms with E-state index in [-0.39, 0.29) is 11.5 Å². The van der Waals surface area contributed by atoms with Gasteiger partial charge >= 0.3 is 0 Å². The number of carbonyl (C=O) groups excluding carboxylic acids is 1. The molecule has 1 aromatic rings. The number of nitrogens with one attached hydrogen (secondary N) is 2. The van der Waals surface area contributed by atoms with Gasteiger partial charge in [0.25, 0.3) is 5.91 Å². The van der Waals surface area contributed by atoms with Gasteiger partial charge in [-0.05, 0) is 24.1 Å². The maximum Gasteiger partial charge on any atom is 0.263 e. The third-order valence-corrected chi connectivity index (χ3v) is 2.61. The smallest absolute Gasteiger partial charge is 0.263 e. The number of hydrogen-bond donors (Lipinski definition) is 2. The summed E-state index contributed by atoms with van der Waals surface area (Å²) in [4.78, 5) is 11.6. The van der Waals surface area contributed by atoms with Crippen LogP contribution in [0.3, 0.4) is 0 Å². The minimum Gasteiger partial charge on any atom is -0.497 e. The van der Waals surface area contributed by atoms with Gasteiger partial charge in [0.15, 0.2) is 0 Å². The first-order valence-electron chi connectivity index (χ1n) is 6.46. The van der Waals surface area contributed by atoms with Crippen molar-refractivity contribution in [1.29, 1.82) is 5.26 Å². The summed E-state index contributed by atoms with van der Waals surface area (Å²) in [6, 6.07) is 9.44. The number of amides is 1. The largest absolute Gasteiger partial charge is 0.497 e. The molecule has 0 aliphatic carbocycles. The molecule has 5 nitrogen and oxygen atoms in total. The predicted octanol–water partition coefficient (Wildman–Crippen LogP) is 1.72. The molecule has 0 bridgehead atoms. The second-order valence-corrected chi connectivity index (χ2v) is 4.15. The van der Waals surface area contributed by atoms with Crippen molar-refractivity contribution in [1.82, 2.24) is 10.6 Å². The molecule has 1 amide bonds. The van der Waals surface area contributed by atoms with Crippen molar-refractivity contribution in [3.8, 4) is 11.8 Å². The summed E-state index contributed by atoms with van der Waals surface area (Å²) >= 11 is 0. The summed E-state index contributed by atoms with van der Waals surface area (Å²) in [6.07, 6.45) is 2.28. The van der Waals surface area contributed by atoms with Crippen molar-refractivity contribution < 1.29 is 9.53 Å². The third-order valence-electron chi connectivity index (χ3n) is 2.61. The van der Waals surface area contributed by atoms with Crippen molar-refractivity contribution in [3.05, 3.63) is 41.6 Å². The summed E-state index contributed by atoms with van der Waals surface area (Å²) in [7, 11) is 1.62. The SMILES string of the molecule is CCCNC(=O)/C(C#N)=C\NCc1ccc(OC)cc1. The molecule has 0 atom stereocenters. The van der Waals surface area contributed by atoms with Gasteiger partial charge < -0.3 is 15.4 Å². The molecular weight excluding hydrogens is 254 g/mol. The number of carbonyl (C=O) groups is 1. The standard InChI is InChI=1S/C15H19N3O2/c1-3-8-18-15(19)13(9-16)11-17-10-12-4-6-14(20-2)7-5-12/h4-7,11,17H,3,8,10H2,1-2H3,(H,18,19)/b13-11-. The van der Waals surface area contributed by atoms with E-state index in [0.29, 0.717) is 13.1 Å². The highest BCUT2D eigenvalue weighted by Gasteiger charge is 2.06. The Morgan fingerprint density at radius 1 is 1.40 bits per heavy atom. The molecule has 0 radical (unpaired) electrons. The lowest BCUT2D eigenvalue weighted by molar-refractivity contribution is -0.117. The van der Waals surface area contributed by atoms with E-state index in [2.05, 4.69) is 10.6 Å². The van der Waals surface area contributed by atoms with Crippen LogP contribution in [-0.4, -0.2) is 19.6 Å². The first-order valence-corrected chi connectivity index (χ1v) is 6.46. The van der Waals surface area contributed by atoms with Gasteiger partial charge in [0.1, 0.15) is 17.4 Å². The molecule has 20 heavy (non-hydrogen) atoms. The fourth-order valence-corrected chi connectivity index (χ4v) is 1.50. The molecule has 1 rings (SSSR count). The minimum absolute atomic E-state index is 0.0759. The minimum atomic E-state index is -0.350. The zero-order valence-corrected chi connectivity index (χ0v) is 11.8. The highest BCUT2D eigenvalue weighted by molar-refractivity contribution is 5.97. The number of nitrogens with zero attached hydrogens (tertiary/aromatic N) is 1. The summed E-state index contributed by atoms with van der Waals surface area (Å²) < 4.78 is 5.07. The molecule has 0 spiro atoms. The Bertz CT molecular complexity index is 501. The van der Waals surface area contributed by atoms with Gasteiger partial charge in [0.2, 0.25) is 0 Å². The molecule has 0 aromatic heterocycles. The Hall–Kier alpha value is -2.48. The second kappa shape index (κ2) is 8.59. The molecule has 0 unspecified atom stereocenters. The first kappa shape index (κ1) is 15.6. The Labute approximate surface area is 119 Å². The summed E-state index contributed by atoms with van der Waals surface area (Å²) in [5, 5.41) is 14.5. The summed E-state index contributed by atoms with van der Waals surface area (Å²) in [5.41, 5.74) is 1.11. The number of nitriles is 1. The molecule has 0 saturated heterocycles. The molecule has 5 heteroatoms. The Balaban J connectivity index is 2.52. The van der Waals surface area contributed by atoms with Gasteiger partial charge in [-0.1, -0.05) is 19.1 Å². The van der Waals surface area contributed by atoms with Gasteiger partial charge in [0, 0.05) is 19.3 Å². The molecule has 0 saturated carbocycles. The van der Waals surface area contributed by atoms with Crippen LogP contribution in [0.25, 0.3) is 0 Å². The number of ether oxygens (including phenoxy) is 1. The van der Waals surface area contributed by atoms with E-state index in [1.54, 1.807) is 7.11 Å². The zero-order valence-electron chi connectivity index (χ0n) is 11.8. The maximum atomic E-state index is 11.6. The number of methoxy groups -OCH3 is 1. The van der Waals surface area contributed by atoms with Gasteiger partial charge in [0.05, 0.1) is 7.11 Å². The second-order valence-electron chi connectivity index (χ2n) is 4.15. The Kier molecular flexibility index (Phi) is 6.69. The van der Waals surface area contributed by atoms with Crippen LogP contribution in [-0.2, 0) is 11.3 Å². The molecule has 2 N–H and O–H groups in total. The van der Waals surface area contributed by atoms with Crippen LogP contribution in [0.15, 0.2) is 36.0 Å². The van der Waals surface area contributed by atoms with Gasteiger partial charge in [-0.15, -0.1) is 0 Å². The van der Waals surface area contributed by atoms with Gasteiger partial charge in [-0.3, -0.25) is 4.79 Å². The lowest BCUT2D eigenvalue weighted by atomic mass is 10.2. The predicted molar refractivity (Wildman–Crippen MR) is 76.8 cm³/mol. The molecule has 0 fully saturated rings. The van der Waals surface area contributed by atoms with Crippen LogP contribution in [0, 0.1) is 11.3 Å². The van der Waals surface area contributed by atoms with E-state index in [4.69, 9.17) is 10.00 Å². The van der Waals surface area contributed by atoms with Gasteiger partial charge in [-0.2, -0.15) is 5.26 Å². The van der Waals surface area contributed by atoms with E-state index in [0.717, 1.165) is 17.7 Å². The van der Waals surface area contributed by atoms with Crippen LogP contribution >= 0.6 is 0 Å². The molecule has 0 aliphatic heterocycles. The van der Waals surface area contributed by atoms with E-state index in [1.165, 1.54) is 6.20 Å². The summed E-state index contributed by atoms with van der Waals surface area (Å²) in [5.74, 6) is 0.442. The quantitative estimate of drug-likeness (QED) is 0.586. The van der Waals surface area contributed by atoms with Crippen molar-refractivity contribution >= 4 is 5.91 Å². The van der Waals surface area contributed by atoms with E-state index in [1.807, 2.05) is 37.3 Å². The number of rotatable bonds is 7. The lowest BCUT2D eigenvalue weighted by Gasteiger charge is -2.05. The van der Waals surface area contributed by atoms with Crippen molar-refractivity contribution in [3.63, 3.8) is 0 Å². The molecule has 106 valence electrons. The van der Waals surface area contributed by atoms with E-state index in [9.17, 15) is 4.79 Å². The normalized spacial score (nSPS) is 10.6. The van der Waals surface area contributed by atoms with Crippen molar-refractivity contribution in [2.75, 3.05) is 13.7 Å². The topological polar surface area (TPSA) is 74.2 Å². The van der Waals surface area contributed by atoms with Crippen LogP contribution in [0.4, 0.5) is 0 Å². The van der Waals surface area contributed by atoms with Crippen LogP contribution in [0.5, 0.6) is 5.75 Å². The first-order chi connectivity index (χ1) is 9.71. The Morgan fingerprint density at radius 3 is 2.65 bits per heavy atom. The molecular formula is C15H19N3O2. The van der Waals surface area contributed by atoms with E-state index >= 15 is 0 Å². The van der Waals surface area contributed by atoms with Gasteiger partial charge in [-0.25, -0.2) is 0 Å². The average Bonchev–Trinajstić information content (AvgIpc) is 2.49. The monoisotopic (exact) mass is 273 g/mol. The third kappa shape index (κ3) is 5.02. The van der Waals surface area contributed by atoms with Crippen LogP contribution in [0.1, 0.15) is 18.9 Å².